The summed E-state index contributed by atoms with van der Waals surface area (Å²) in [6.45, 7) is 7.18. The Balaban J connectivity index is 1.93. The van der Waals surface area contributed by atoms with E-state index >= 15 is 0 Å². The summed E-state index contributed by atoms with van der Waals surface area (Å²) in [5, 5.41) is 4.70. The van der Waals surface area contributed by atoms with Crippen LogP contribution in [0.15, 0.2) is 54.7 Å². The number of fused-ring (bicyclic) bond motifs is 1. The fourth-order valence-electron chi connectivity index (χ4n) is 2.72. The SMILES string of the molecule is CCNCc1ccc2ccn(Cc3ccccc3C)c2c1. The molecule has 108 valence electrons. The summed E-state index contributed by atoms with van der Waals surface area (Å²) in [5.74, 6) is 0. The summed E-state index contributed by atoms with van der Waals surface area (Å²) in [6, 6.07) is 17.5. The van der Waals surface area contributed by atoms with Crippen LogP contribution in [0.5, 0.6) is 0 Å². The highest BCUT2D eigenvalue weighted by molar-refractivity contribution is 5.81. The lowest BCUT2D eigenvalue weighted by atomic mass is 10.1. The Morgan fingerprint density at radius 2 is 1.90 bits per heavy atom. The van der Waals surface area contributed by atoms with Crippen LogP contribution >= 0.6 is 0 Å². The Hall–Kier alpha value is -2.06. The molecule has 1 aromatic heterocycles. The lowest BCUT2D eigenvalue weighted by Crippen LogP contribution is -2.11. The molecule has 3 aromatic rings. The number of rotatable bonds is 5. The van der Waals surface area contributed by atoms with Gasteiger partial charge >= 0.3 is 0 Å². The largest absolute Gasteiger partial charge is 0.343 e. The van der Waals surface area contributed by atoms with Crippen molar-refractivity contribution in [1.82, 2.24) is 9.88 Å². The molecule has 0 saturated heterocycles. The van der Waals surface area contributed by atoms with Gasteiger partial charge in [-0.2, -0.15) is 0 Å². The van der Waals surface area contributed by atoms with Crippen molar-refractivity contribution in [2.45, 2.75) is 26.9 Å². The molecular weight excluding hydrogens is 256 g/mol. The van der Waals surface area contributed by atoms with Crippen molar-refractivity contribution in [2.75, 3.05) is 6.54 Å². The maximum Gasteiger partial charge on any atom is 0.0486 e. The molecule has 2 aromatic carbocycles. The van der Waals surface area contributed by atoms with Crippen molar-refractivity contribution < 1.29 is 0 Å². The van der Waals surface area contributed by atoms with Gasteiger partial charge in [0.1, 0.15) is 0 Å². The summed E-state index contributed by atoms with van der Waals surface area (Å²) < 4.78 is 2.34. The molecule has 0 spiro atoms. The molecule has 0 radical (unpaired) electrons. The molecule has 2 heteroatoms. The monoisotopic (exact) mass is 278 g/mol. The van der Waals surface area contributed by atoms with E-state index in [1.807, 2.05) is 0 Å². The molecule has 0 bridgehead atoms. The molecule has 1 N–H and O–H groups in total. The van der Waals surface area contributed by atoms with Gasteiger partial charge in [-0.1, -0.05) is 43.3 Å². The van der Waals surface area contributed by atoms with Gasteiger partial charge in [-0.25, -0.2) is 0 Å². The second-order valence-corrected chi connectivity index (χ2v) is 5.54. The van der Waals surface area contributed by atoms with Crippen LogP contribution in [0.4, 0.5) is 0 Å². The zero-order chi connectivity index (χ0) is 14.7. The molecule has 0 aliphatic heterocycles. The minimum absolute atomic E-state index is 0.931. The predicted molar refractivity (Wildman–Crippen MR) is 89.6 cm³/mol. The van der Waals surface area contributed by atoms with Gasteiger partial charge in [0.15, 0.2) is 0 Å². The van der Waals surface area contributed by atoms with E-state index in [9.17, 15) is 0 Å². The Kier molecular flexibility index (Phi) is 4.07. The van der Waals surface area contributed by atoms with Gasteiger partial charge in [0, 0.05) is 24.8 Å². The van der Waals surface area contributed by atoms with E-state index in [0.717, 1.165) is 19.6 Å². The third-order valence-corrected chi connectivity index (χ3v) is 4.02. The molecule has 0 atom stereocenters. The average molecular weight is 278 g/mol. The molecule has 0 unspecified atom stereocenters. The van der Waals surface area contributed by atoms with Crippen LogP contribution in [0, 0.1) is 6.92 Å². The average Bonchev–Trinajstić information content (AvgIpc) is 2.90. The number of hydrogen-bond donors (Lipinski definition) is 1. The molecule has 1 heterocycles. The molecule has 0 aliphatic rings. The van der Waals surface area contributed by atoms with Crippen molar-refractivity contribution in [2.24, 2.45) is 0 Å². The number of nitrogens with one attached hydrogen (secondary N) is 1. The normalized spacial score (nSPS) is 11.1. The smallest absolute Gasteiger partial charge is 0.0486 e. The molecule has 2 nitrogen and oxygen atoms in total. The second-order valence-electron chi connectivity index (χ2n) is 5.54. The van der Waals surface area contributed by atoms with E-state index in [0.29, 0.717) is 0 Å². The van der Waals surface area contributed by atoms with Crippen LogP contribution in [-0.2, 0) is 13.1 Å². The summed E-state index contributed by atoms with van der Waals surface area (Å²) in [6.07, 6.45) is 2.19. The van der Waals surface area contributed by atoms with Crippen LogP contribution < -0.4 is 5.32 Å². The van der Waals surface area contributed by atoms with E-state index in [1.165, 1.54) is 27.6 Å². The van der Waals surface area contributed by atoms with Crippen LogP contribution in [0.1, 0.15) is 23.6 Å². The van der Waals surface area contributed by atoms with Crippen LogP contribution in [0.2, 0.25) is 0 Å². The molecule has 0 aliphatic carbocycles. The fraction of sp³-hybridized carbons (Fsp3) is 0.263. The van der Waals surface area contributed by atoms with Gasteiger partial charge in [-0.3, -0.25) is 0 Å². The molecular formula is C19H22N2. The first-order chi connectivity index (χ1) is 10.3. The summed E-state index contributed by atoms with van der Waals surface area (Å²) in [4.78, 5) is 0. The summed E-state index contributed by atoms with van der Waals surface area (Å²) >= 11 is 0. The molecule has 0 saturated carbocycles. The highest BCUT2D eigenvalue weighted by atomic mass is 15.0. The number of aryl methyl sites for hydroxylation is 1. The third kappa shape index (κ3) is 3.01. The van der Waals surface area contributed by atoms with Crippen molar-refractivity contribution >= 4 is 10.9 Å². The molecule has 0 fully saturated rings. The standard InChI is InChI=1S/C19H22N2/c1-3-20-13-16-8-9-17-10-11-21(19(17)12-16)14-18-7-5-4-6-15(18)2/h4-12,20H,3,13-14H2,1-2H3. The Morgan fingerprint density at radius 1 is 1.05 bits per heavy atom. The maximum absolute atomic E-state index is 3.39. The Bertz CT molecular complexity index is 740. The quantitative estimate of drug-likeness (QED) is 0.743. The first kappa shape index (κ1) is 13.9. The van der Waals surface area contributed by atoms with Gasteiger partial charge < -0.3 is 9.88 Å². The number of benzene rings is 2. The Labute approximate surface area is 126 Å². The zero-order valence-corrected chi connectivity index (χ0v) is 12.8. The van der Waals surface area contributed by atoms with Gasteiger partial charge in [-0.05, 0) is 47.7 Å². The highest BCUT2D eigenvalue weighted by Crippen LogP contribution is 2.20. The van der Waals surface area contributed by atoms with Crippen LogP contribution in [0.25, 0.3) is 10.9 Å². The lowest BCUT2D eigenvalue weighted by Gasteiger charge is -2.10. The minimum Gasteiger partial charge on any atom is -0.343 e. The van der Waals surface area contributed by atoms with Gasteiger partial charge in [0.2, 0.25) is 0 Å². The topological polar surface area (TPSA) is 17.0 Å². The number of nitrogens with zero attached hydrogens (tertiary/aromatic N) is 1. The van der Waals surface area contributed by atoms with E-state index in [2.05, 4.69) is 78.5 Å². The molecule has 3 rings (SSSR count). The number of aromatic nitrogens is 1. The summed E-state index contributed by atoms with van der Waals surface area (Å²) in [5.41, 5.74) is 5.39. The van der Waals surface area contributed by atoms with Crippen molar-refractivity contribution in [1.29, 1.82) is 0 Å². The lowest BCUT2D eigenvalue weighted by molar-refractivity contribution is 0.726. The van der Waals surface area contributed by atoms with Gasteiger partial charge in [0.25, 0.3) is 0 Å². The van der Waals surface area contributed by atoms with Crippen molar-refractivity contribution in [3.05, 3.63) is 71.4 Å². The minimum atomic E-state index is 0.931. The molecule has 21 heavy (non-hydrogen) atoms. The number of hydrogen-bond acceptors (Lipinski definition) is 1. The second kappa shape index (κ2) is 6.15. The van der Waals surface area contributed by atoms with E-state index in [1.54, 1.807) is 0 Å². The maximum atomic E-state index is 3.39. The first-order valence-electron chi connectivity index (χ1n) is 7.61. The van der Waals surface area contributed by atoms with Crippen LogP contribution in [0.3, 0.4) is 0 Å². The first-order valence-corrected chi connectivity index (χ1v) is 7.61. The van der Waals surface area contributed by atoms with E-state index in [4.69, 9.17) is 0 Å². The zero-order valence-electron chi connectivity index (χ0n) is 12.8. The van der Waals surface area contributed by atoms with Crippen molar-refractivity contribution in [3.8, 4) is 0 Å². The van der Waals surface area contributed by atoms with Crippen LogP contribution in [-0.4, -0.2) is 11.1 Å². The highest BCUT2D eigenvalue weighted by Gasteiger charge is 2.04. The van der Waals surface area contributed by atoms with Crippen molar-refractivity contribution in [3.63, 3.8) is 0 Å². The van der Waals surface area contributed by atoms with Gasteiger partial charge in [0.05, 0.1) is 0 Å². The fourth-order valence-corrected chi connectivity index (χ4v) is 2.72. The Morgan fingerprint density at radius 3 is 2.71 bits per heavy atom. The summed E-state index contributed by atoms with van der Waals surface area (Å²) in [7, 11) is 0. The van der Waals surface area contributed by atoms with Gasteiger partial charge in [-0.15, -0.1) is 0 Å². The third-order valence-electron chi connectivity index (χ3n) is 4.02. The predicted octanol–water partition coefficient (Wildman–Crippen LogP) is 4.11. The van der Waals surface area contributed by atoms with E-state index < -0.39 is 0 Å². The molecule has 0 amide bonds. The van der Waals surface area contributed by atoms with E-state index in [-0.39, 0.29) is 0 Å².